The highest BCUT2D eigenvalue weighted by molar-refractivity contribution is 5.17. The Labute approximate surface area is 101 Å². The molecule has 0 spiro atoms. The summed E-state index contributed by atoms with van der Waals surface area (Å²) in [5.41, 5.74) is 0.746. The van der Waals surface area contributed by atoms with Crippen molar-refractivity contribution < 1.29 is 13.9 Å². The van der Waals surface area contributed by atoms with Crippen LogP contribution >= 0.6 is 0 Å². The first-order valence-electron chi connectivity index (χ1n) is 5.83. The maximum absolute atomic E-state index is 13.0. The second kappa shape index (κ2) is 6.67. The summed E-state index contributed by atoms with van der Waals surface area (Å²) < 4.78 is 25.8. The smallest absolute Gasteiger partial charge is 0.159 e. The van der Waals surface area contributed by atoms with E-state index in [1.54, 1.807) is 6.07 Å². The molecule has 0 fully saturated rings. The molecule has 96 valence electrons. The number of aliphatic hydroxyl groups is 1. The SMILES string of the molecule is CC(C)N(CCCO)Cc1ccc(F)c(F)c1. The van der Waals surface area contributed by atoms with Gasteiger partial charge in [-0.2, -0.15) is 0 Å². The summed E-state index contributed by atoms with van der Waals surface area (Å²) >= 11 is 0. The zero-order chi connectivity index (χ0) is 12.8. The van der Waals surface area contributed by atoms with Crippen molar-refractivity contribution in [3.8, 4) is 0 Å². The van der Waals surface area contributed by atoms with Crippen LogP contribution in [0, 0.1) is 11.6 Å². The summed E-state index contributed by atoms with van der Waals surface area (Å²) in [6.07, 6.45) is 0.682. The highest BCUT2D eigenvalue weighted by Crippen LogP contribution is 2.13. The van der Waals surface area contributed by atoms with Crippen molar-refractivity contribution in [3.05, 3.63) is 35.4 Å². The van der Waals surface area contributed by atoms with E-state index < -0.39 is 11.6 Å². The minimum absolute atomic E-state index is 0.140. The number of hydrogen-bond acceptors (Lipinski definition) is 2. The van der Waals surface area contributed by atoms with Gasteiger partial charge in [0.15, 0.2) is 11.6 Å². The van der Waals surface area contributed by atoms with Crippen molar-refractivity contribution in [1.29, 1.82) is 0 Å². The average Bonchev–Trinajstić information content (AvgIpc) is 2.28. The molecule has 0 saturated carbocycles. The number of rotatable bonds is 6. The minimum atomic E-state index is -0.819. The third-order valence-corrected chi connectivity index (χ3v) is 2.70. The average molecular weight is 243 g/mol. The fourth-order valence-electron chi connectivity index (χ4n) is 1.67. The van der Waals surface area contributed by atoms with Gasteiger partial charge in [0.1, 0.15) is 0 Å². The lowest BCUT2D eigenvalue weighted by Crippen LogP contribution is -2.31. The van der Waals surface area contributed by atoms with Crippen molar-refractivity contribution in [2.75, 3.05) is 13.2 Å². The lowest BCUT2D eigenvalue weighted by molar-refractivity contribution is 0.184. The topological polar surface area (TPSA) is 23.5 Å². The van der Waals surface area contributed by atoms with Crippen LogP contribution in [0.15, 0.2) is 18.2 Å². The molecule has 0 aliphatic carbocycles. The Bertz CT molecular complexity index is 355. The van der Waals surface area contributed by atoms with Crippen LogP contribution in [0.3, 0.4) is 0 Å². The largest absolute Gasteiger partial charge is 0.396 e. The van der Waals surface area contributed by atoms with E-state index >= 15 is 0 Å². The van der Waals surface area contributed by atoms with Gasteiger partial charge >= 0.3 is 0 Å². The number of aliphatic hydroxyl groups excluding tert-OH is 1. The Kier molecular flexibility index (Phi) is 5.51. The highest BCUT2D eigenvalue weighted by Gasteiger charge is 2.11. The molecule has 0 bridgehead atoms. The number of hydrogen-bond donors (Lipinski definition) is 1. The monoisotopic (exact) mass is 243 g/mol. The number of benzene rings is 1. The molecular formula is C13H19F2NO. The van der Waals surface area contributed by atoms with Crippen LogP contribution in [0.4, 0.5) is 8.78 Å². The first kappa shape index (κ1) is 14.1. The van der Waals surface area contributed by atoms with Gasteiger partial charge in [0, 0.05) is 25.7 Å². The van der Waals surface area contributed by atoms with E-state index in [1.807, 2.05) is 13.8 Å². The Hall–Kier alpha value is -1.00. The molecule has 1 aromatic carbocycles. The zero-order valence-corrected chi connectivity index (χ0v) is 10.3. The predicted molar refractivity (Wildman–Crippen MR) is 63.6 cm³/mol. The molecule has 0 aromatic heterocycles. The van der Waals surface area contributed by atoms with Crippen LogP contribution in [-0.2, 0) is 6.54 Å². The van der Waals surface area contributed by atoms with Crippen LogP contribution in [0.25, 0.3) is 0 Å². The molecule has 0 atom stereocenters. The summed E-state index contributed by atoms with van der Waals surface area (Å²) in [6, 6.07) is 4.26. The van der Waals surface area contributed by atoms with Crippen molar-refractivity contribution in [3.63, 3.8) is 0 Å². The number of halogens is 2. The molecule has 0 amide bonds. The normalized spacial score (nSPS) is 11.5. The molecule has 0 aliphatic heterocycles. The molecule has 1 aromatic rings. The second-order valence-corrected chi connectivity index (χ2v) is 4.39. The van der Waals surface area contributed by atoms with E-state index in [0.717, 1.165) is 18.2 Å². The molecule has 2 nitrogen and oxygen atoms in total. The van der Waals surface area contributed by atoms with Crippen LogP contribution in [0.2, 0.25) is 0 Å². The first-order valence-corrected chi connectivity index (χ1v) is 5.83. The van der Waals surface area contributed by atoms with Crippen molar-refractivity contribution in [2.45, 2.75) is 32.9 Å². The molecule has 0 unspecified atom stereocenters. The maximum atomic E-state index is 13.0. The molecular weight excluding hydrogens is 224 g/mol. The van der Waals surface area contributed by atoms with Gasteiger partial charge in [-0.05, 0) is 38.0 Å². The Morgan fingerprint density at radius 2 is 1.94 bits per heavy atom. The lowest BCUT2D eigenvalue weighted by atomic mass is 10.1. The van der Waals surface area contributed by atoms with E-state index in [4.69, 9.17) is 5.11 Å². The molecule has 0 radical (unpaired) electrons. The zero-order valence-electron chi connectivity index (χ0n) is 10.3. The summed E-state index contributed by atoms with van der Waals surface area (Å²) in [7, 11) is 0. The third-order valence-electron chi connectivity index (χ3n) is 2.70. The van der Waals surface area contributed by atoms with Gasteiger partial charge < -0.3 is 5.11 Å². The van der Waals surface area contributed by atoms with E-state index in [9.17, 15) is 8.78 Å². The summed E-state index contributed by atoms with van der Waals surface area (Å²) in [5.74, 6) is -1.63. The lowest BCUT2D eigenvalue weighted by Gasteiger charge is -2.26. The Morgan fingerprint density at radius 1 is 1.24 bits per heavy atom. The fourth-order valence-corrected chi connectivity index (χ4v) is 1.67. The van der Waals surface area contributed by atoms with Gasteiger partial charge in [-0.1, -0.05) is 6.07 Å². The van der Waals surface area contributed by atoms with Crippen LogP contribution in [0.5, 0.6) is 0 Å². The fraction of sp³-hybridized carbons (Fsp3) is 0.538. The Morgan fingerprint density at radius 3 is 2.47 bits per heavy atom. The highest BCUT2D eigenvalue weighted by atomic mass is 19.2. The van der Waals surface area contributed by atoms with Gasteiger partial charge in [0.05, 0.1) is 0 Å². The van der Waals surface area contributed by atoms with Gasteiger partial charge in [-0.25, -0.2) is 8.78 Å². The second-order valence-electron chi connectivity index (χ2n) is 4.39. The first-order chi connectivity index (χ1) is 8.04. The van der Waals surface area contributed by atoms with E-state index in [2.05, 4.69) is 4.90 Å². The predicted octanol–water partition coefficient (Wildman–Crippen LogP) is 2.56. The van der Waals surface area contributed by atoms with Gasteiger partial charge in [0.25, 0.3) is 0 Å². The van der Waals surface area contributed by atoms with Crippen LogP contribution < -0.4 is 0 Å². The van der Waals surface area contributed by atoms with E-state index in [-0.39, 0.29) is 6.61 Å². The summed E-state index contributed by atoms with van der Waals surface area (Å²) in [6.45, 7) is 5.53. The summed E-state index contributed by atoms with van der Waals surface area (Å²) in [4.78, 5) is 2.11. The minimum Gasteiger partial charge on any atom is -0.396 e. The van der Waals surface area contributed by atoms with Crippen molar-refractivity contribution >= 4 is 0 Å². The van der Waals surface area contributed by atoms with Gasteiger partial charge in [0.2, 0.25) is 0 Å². The Balaban J connectivity index is 2.68. The molecule has 17 heavy (non-hydrogen) atoms. The van der Waals surface area contributed by atoms with Crippen LogP contribution in [0.1, 0.15) is 25.8 Å². The quantitative estimate of drug-likeness (QED) is 0.830. The molecule has 0 aliphatic rings. The van der Waals surface area contributed by atoms with Crippen molar-refractivity contribution in [2.24, 2.45) is 0 Å². The third kappa shape index (κ3) is 4.40. The molecule has 0 heterocycles. The molecule has 1 rings (SSSR count). The molecule has 0 saturated heterocycles. The summed E-state index contributed by atoms with van der Waals surface area (Å²) in [5, 5.41) is 8.81. The molecule has 1 N–H and O–H groups in total. The maximum Gasteiger partial charge on any atom is 0.159 e. The van der Waals surface area contributed by atoms with Gasteiger partial charge in [-0.3, -0.25) is 4.90 Å². The standard InChI is InChI=1S/C13H19F2NO/c1-10(2)16(6-3-7-17)9-11-4-5-12(14)13(15)8-11/h4-5,8,10,17H,3,6-7,9H2,1-2H3. The molecule has 4 heteroatoms. The van der Waals surface area contributed by atoms with Crippen molar-refractivity contribution in [1.82, 2.24) is 4.90 Å². The van der Waals surface area contributed by atoms with Crippen LogP contribution in [-0.4, -0.2) is 29.2 Å². The van der Waals surface area contributed by atoms with E-state index in [0.29, 0.717) is 19.0 Å². The van der Waals surface area contributed by atoms with E-state index in [1.165, 1.54) is 6.07 Å². The number of nitrogens with zero attached hydrogens (tertiary/aromatic N) is 1. The van der Waals surface area contributed by atoms with Gasteiger partial charge in [-0.15, -0.1) is 0 Å².